The summed E-state index contributed by atoms with van der Waals surface area (Å²) in [6.07, 6.45) is 2.22. The minimum atomic E-state index is -0.721. The molecule has 7 nitrogen and oxygen atoms in total. The zero-order valence-electron chi connectivity index (χ0n) is 19.9. The molecule has 8 heteroatoms. The number of aliphatic hydroxyl groups is 1. The molecule has 31 heavy (non-hydrogen) atoms. The second kappa shape index (κ2) is 8.25. The van der Waals surface area contributed by atoms with Gasteiger partial charge in [-0.3, -0.25) is 14.4 Å². The van der Waals surface area contributed by atoms with Crippen LogP contribution in [0.1, 0.15) is 67.7 Å². The molecule has 1 spiro atoms. The van der Waals surface area contributed by atoms with Gasteiger partial charge in [0.2, 0.25) is 11.8 Å². The number of likely N-dealkylation sites (tertiary alicyclic amines) is 1. The van der Waals surface area contributed by atoms with Crippen molar-refractivity contribution < 1.29 is 24.2 Å². The van der Waals surface area contributed by atoms with Crippen LogP contribution in [-0.2, 0) is 19.1 Å². The van der Waals surface area contributed by atoms with Crippen LogP contribution in [0.4, 0.5) is 0 Å². The molecule has 2 bridgehead atoms. The number of rotatable bonds is 7. The number of fused-ring (bicyclic) bond motifs is 1. The number of carbonyl (C=O) groups is 3. The average Bonchev–Trinajstić information content (AvgIpc) is 3.22. The molecule has 3 heterocycles. The first kappa shape index (κ1) is 24.4. The van der Waals surface area contributed by atoms with Crippen LogP contribution in [0, 0.1) is 17.8 Å². The SMILES string of the molecule is CCOC(=O)[C@H]1[C@H]2C(=O)N([C@@H](CO)[C@@H](C)CC)C(C(=O)NC(C)(C)C)C23CC[C@]1(C)S3. The number of nitrogens with one attached hydrogen (secondary N) is 1. The number of nitrogens with zero attached hydrogens (tertiary/aromatic N) is 1. The summed E-state index contributed by atoms with van der Waals surface area (Å²) in [7, 11) is 0. The van der Waals surface area contributed by atoms with Crippen molar-refractivity contribution in [2.45, 2.75) is 94.8 Å². The number of esters is 1. The fraction of sp³-hybridized carbons (Fsp3) is 0.870. The minimum Gasteiger partial charge on any atom is -0.466 e. The van der Waals surface area contributed by atoms with E-state index in [1.54, 1.807) is 23.6 Å². The Balaban J connectivity index is 2.12. The summed E-state index contributed by atoms with van der Waals surface area (Å²) < 4.78 is 4.28. The van der Waals surface area contributed by atoms with E-state index in [4.69, 9.17) is 4.74 Å². The Hall–Kier alpha value is -1.28. The summed E-state index contributed by atoms with van der Waals surface area (Å²) in [5.74, 6) is -1.91. The third-order valence-electron chi connectivity index (χ3n) is 7.35. The van der Waals surface area contributed by atoms with E-state index in [-0.39, 0.29) is 36.9 Å². The Morgan fingerprint density at radius 1 is 1.32 bits per heavy atom. The lowest BCUT2D eigenvalue weighted by Gasteiger charge is -2.40. The molecule has 2 N–H and O–H groups in total. The first-order chi connectivity index (χ1) is 14.4. The molecule has 2 unspecified atom stereocenters. The number of ether oxygens (including phenoxy) is 1. The van der Waals surface area contributed by atoms with E-state index >= 15 is 0 Å². The van der Waals surface area contributed by atoms with Gasteiger partial charge < -0.3 is 20.1 Å². The Morgan fingerprint density at radius 3 is 2.48 bits per heavy atom. The summed E-state index contributed by atoms with van der Waals surface area (Å²) in [6.45, 7) is 13.6. The third kappa shape index (κ3) is 3.77. The highest BCUT2D eigenvalue weighted by atomic mass is 32.2. The lowest BCUT2D eigenvalue weighted by atomic mass is 9.66. The topological polar surface area (TPSA) is 95.9 Å². The fourth-order valence-electron chi connectivity index (χ4n) is 5.86. The van der Waals surface area contributed by atoms with Gasteiger partial charge in [0, 0.05) is 10.3 Å². The van der Waals surface area contributed by atoms with Gasteiger partial charge in [0.15, 0.2) is 0 Å². The molecule has 3 saturated heterocycles. The molecule has 0 aromatic heterocycles. The van der Waals surface area contributed by atoms with E-state index in [9.17, 15) is 19.5 Å². The molecule has 176 valence electrons. The van der Waals surface area contributed by atoms with Crippen LogP contribution in [0.2, 0.25) is 0 Å². The van der Waals surface area contributed by atoms with Gasteiger partial charge in [-0.05, 0) is 53.4 Å². The molecule has 3 rings (SSSR count). The maximum Gasteiger partial charge on any atom is 0.311 e. The molecule has 0 aromatic carbocycles. The van der Waals surface area contributed by atoms with Crippen molar-refractivity contribution in [3.8, 4) is 0 Å². The Morgan fingerprint density at radius 2 is 1.97 bits per heavy atom. The highest BCUT2D eigenvalue weighted by molar-refractivity contribution is 8.02. The van der Waals surface area contributed by atoms with Gasteiger partial charge >= 0.3 is 5.97 Å². The van der Waals surface area contributed by atoms with E-state index < -0.39 is 39.0 Å². The largest absolute Gasteiger partial charge is 0.466 e. The summed E-state index contributed by atoms with van der Waals surface area (Å²) in [5, 5.41) is 13.3. The van der Waals surface area contributed by atoms with Crippen LogP contribution < -0.4 is 5.32 Å². The maximum atomic E-state index is 13.9. The molecule has 0 aromatic rings. The minimum absolute atomic E-state index is 0.0212. The van der Waals surface area contributed by atoms with E-state index in [1.165, 1.54) is 0 Å². The van der Waals surface area contributed by atoms with Gasteiger partial charge in [0.1, 0.15) is 6.04 Å². The second-order valence-corrected chi connectivity index (χ2v) is 12.5. The van der Waals surface area contributed by atoms with Crippen molar-refractivity contribution in [1.82, 2.24) is 10.2 Å². The third-order valence-corrected chi connectivity index (χ3v) is 9.33. The summed E-state index contributed by atoms with van der Waals surface area (Å²) in [4.78, 5) is 42.3. The predicted octanol–water partition coefficient (Wildman–Crippen LogP) is 2.35. The summed E-state index contributed by atoms with van der Waals surface area (Å²) in [6, 6.07) is -1.19. The average molecular weight is 455 g/mol. The zero-order valence-corrected chi connectivity index (χ0v) is 20.7. The van der Waals surface area contributed by atoms with E-state index in [2.05, 4.69) is 5.32 Å². The first-order valence-electron chi connectivity index (χ1n) is 11.5. The molecule has 0 saturated carbocycles. The number of hydrogen-bond acceptors (Lipinski definition) is 6. The number of aliphatic hydroxyl groups excluding tert-OH is 1. The number of amides is 2. The predicted molar refractivity (Wildman–Crippen MR) is 120 cm³/mol. The van der Waals surface area contributed by atoms with E-state index in [1.807, 2.05) is 41.5 Å². The van der Waals surface area contributed by atoms with Gasteiger partial charge in [-0.2, -0.15) is 0 Å². The van der Waals surface area contributed by atoms with Crippen LogP contribution in [0.3, 0.4) is 0 Å². The standard InChI is InChI=1S/C23H38N2O5S/c1-8-13(3)14(12-26)25-17(18(27)24-21(4,5)6)23-11-10-22(7,31-23)16(15(23)19(25)28)20(29)30-9-2/h13-17,26H,8-12H2,1-7H3,(H,24,27)/t13-,14-,15-,16+,17?,22-,23?/m0/s1. The van der Waals surface area contributed by atoms with Crippen molar-refractivity contribution in [2.24, 2.45) is 17.8 Å². The smallest absolute Gasteiger partial charge is 0.311 e. The highest BCUT2D eigenvalue weighted by Crippen LogP contribution is 2.71. The van der Waals surface area contributed by atoms with E-state index in [0.29, 0.717) is 6.42 Å². The molecular weight excluding hydrogens is 416 g/mol. The van der Waals surface area contributed by atoms with Gasteiger partial charge in [0.25, 0.3) is 0 Å². The van der Waals surface area contributed by atoms with Crippen molar-refractivity contribution in [3.63, 3.8) is 0 Å². The monoisotopic (exact) mass is 454 g/mol. The first-order valence-corrected chi connectivity index (χ1v) is 12.3. The molecule has 0 aliphatic carbocycles. The molecule has 2 amide bonds. The van der Waals surface area contributed by atoms with Crippen LogP contribution in [0.15, 0.2) is 0 Å². The summed E-state index contributed by atoms with van der Waals surface area (Å²) >= 11 is 1.63. The number of hydrogen-bond donors (Lipinski definition) is 2. The highest BCUT2D eigenvalue weighted by Gasteiger charge is 2.78. The zero-order chi connectivity index (χ0) is 23.4. The van der Waals surface area contributed by atoms with Crippen molar-refractivity contribution in [1.29, 1.82) is 0 Å². The molecule has 7 atom stereocenters. The lowest BCUT2D eigenvalue weighted by molar-refractivity contribution is -0.155. The number of thioether (sulfide) groups is 1. The van der Waals surface area contributed by atoms with Crippen molar-refractivity contribution >= 4 is 29.5 Å². The van der Waals surface area contributed by atoms with Gasteiger partial charge in [-0.25, -0.2) is 0 Å². The molecule has 3 fully saturated rings. The Bertz CT molecular complexity index is 753. The molecule has 3 aliphatic rings. The maximum absolute atomic E-state index is 13.9. The van der Waals surface area contributed by atoms with Crippen LogP contribution >= 0.6 is 11.8 Å². The Labute approximate surface area is 190 Å². The quantitative estimate of drug-likeness (QED) is 0.574. The lowest BCUT2D eigenvalue weighted by Crippen LogP contribution is -2.60. The second-order valence-electron chi connectivity index (χ2n) is 10.6. The fourth-order valence-corrected chi connectivity index (χ4v) is 8.19. The molecule has 0 radical (unpaired) electrons. The van der Waals surface area contributed by atoms with Gasteiger partial charge in [-0.1, -0.05) is 20.3 Å². The van der Waals surface area contributed by atoms with Crippen molar-refractivity contribution in [3.05, 3.63) is 0 Å². The number of carbonyl (C=O) groups excluding carboxylic acids is 3. The summed E-state index contributed by atoms with van der Waals surface area (Å²) in [5.41, 5.74) is -0.461. The van der Waals surface area contributed by atoms with Crippen LogP contribution in [0.25, 0.3) is 0 Å². The normalized spacial score (nSPS) is 36.3. The van der Waals surface area contributed by atoms with Gasteiger partial charge in [0.05, 0.1) is 35.8 Å². The van der Waals surface area contributed by atoms with Gasteiger partial charge in [-0.15, -0.1) is 11.8 Å². The molecular formula is C23H38N2O5S. The molecule has 3 aliphatic heterocycles. The van der Waals surface area contributed by atoms with E-state index in [0.717, 1.165) is 12.8 Å². The Kier molecular flexibility index (Phi) is 6.48. The van der Waals surface area contributed by atoms with Crippen molar-refractivity contribution in [2.75, 3.05) is 13.2 Å². The van der Waals surface area contributed by atoms with Crippen LogP contribution in [-0.4, -0.2) is 68.1 Å². The van der Waals surface area contributed by atoms with Crippen LogP contribution in [0.5, 0.6) is 0 Å².